The summed E-state index contributed by atoms with van der Waals surface area (Å²) in [6.07, 6.45) is 3.80. The second kappa shape index (κ2) is 3.73. The molecule has 1 amide bonds. The summed E-state index contributed by atoms with van der Waals surface area (Å²) in [4.78, 5) is 13.1. The van der Waals surface area contributed by atoms with E-state index in [1.165, 1.54) is 0 Å². The minimum Gasteiger partial charge on any atom is -0.338 e. The van der Waals surface area contributed by atoms with Crippen molar-refractivity contribution in [2.45, 2.75) is 43.4 Å². The fraction of sp³-hybridized carbons (Fsp3) is 0.889. The standard InChI is InChI=1S/C9H14FNO3S/c10-15(13,14)8-5-9(12)11(6-8)7-3-1-2-4-7/h7-8H,1-6H2. The molecule has 1 aliphatic carbocycles. The van der Waals surface area contributed by atoms with Gasteiger partial charge in [-0.05, 0) is 12.8 Å². The topological polar surface area (TPSA) is 54.5 Å². The number of rotatable bonds is 2. The lowest BCUT2D eigenvalue weighted by Crippen LogP contribution is -2.35. The van der Waals surface area contributed by atoms with E-state index in [1.54, 1.807) is 4.90 Å². The zero-order valence-corrected chi connectivity index (χ0v) is 9.17. The largest absolute Gasteiger partial charge is 0.338 e. The molecule has 1 unspecified atom stereocenters. The number of hydrogen-bond acceptors (Lipinski definition) is 3. The Labute approximate surface area is 88.7 Å². The molecule has 2 aliphatic rings. The third-order valence-electron chi connectivity index (χ3n) is 3.29. The van der Waals surface area contributed by atoms with Gasteiger partial charge in [-0.1, -0.05) is 12.8 Å². The fourth-order valence-electron chi connectivity index (χ4n) is 2.45. The van der Waals surface area contributed by atoms with E-state index >= 15 is 0 Å². The molecule has 0 N–H and O–H groups in total. The van der Waals surface area contributed by atoms with Gasteiger partial charge in [0.2, 0.25) is 5.91 Å². The van der Waals surface area contributed by atoms with Gasteiger partial charge in [-0.3, -0.25) is 4.79 Å². The number of likely N-dealkylation sites (tertiary alicyclic amines) is 1. The van der Waals surface area contributed by atoms with Crippen LogP contribution in [-0.4, -0.2) is 37.1 Å². The van der Waals surface area contributed by atoms with E-state index < -0.39 is 15.5 Å². The van der Waals surface area contributed by atoms with Gasteiger partial charge in [0.1, 0.15) is 5.25 Å². The van der Waals surface area contributed by atoms with Crippen molar-refractivity contribution in [2.24, 2.45) is 0 Å². The molecule has 0 radical (unpaired) electrons. The van der Waals surface area contributed by atoms with Crippen LogP contribution in [0.3, 0.4) is 0 Å². The first kappa shape index (κ1) is 10.9. The van der Waals surface area contributed by atoms with Gasteiger partial charge in [0, 0.05) is 19.0 Å². The van der Waals surface area contributed by atoms with Crippen LogP contribution in [0.4, 0.5) is 3.89 Å². The molecule has 2 rings (SSSR count). The molecule has 4 nitrogen and oxygen atoms in total. The summed E-state index contributed by atoms with van der Waals surface area (Å²) in [6.45, 7) is 0.0440. The average molecular weight is 235 g/mol. The molecule has 0 bridgehead atoms. The van der Waals surface area contributed by atoms with Gasteiger partial charge in [0.15, 0.2) is 0 Å². The van der Waals surface area contributed by atoms with Gasteiger partial charge in [0.05, 0.1) is 0 Å². The zero-order valence-electron chi connectivity index (χ0n) is 8.36. The fourth-order valence-corrected chi connectivity index (χ4v) is 3.14. The minimum absolute atomic E-state index is 0.0440. The summed E-state index contributed by atoms with van der Waals surface area (Å²) in [6, 6.07) is 0.143. The van der Waals surface area contributed by atoms with E-state index in [1.807, 2.05) is 0 Å². The third kappa shape index (κ3) is 2.14. The average Bonchev–Trinajstić information content (AvgIpc) is 2.69. The summed E-state index contributed by atoms with van der Waals surface area (Å²) >= 11 is 0. The highest BCUT2D eigenvalue weighted by atomic mass is 32.3. The smallest absolute Gasteiger partial charge is 0.307 e. The summed E-state index contributed by atoms with van der Waals surface area (Å²) < 4.78 is 34.1. The van der Waals surface area contributed by atoms with E-state index in [4.69, 9.17) is 0 Å². The normalized spacial score (nSPS) is 29.0. The molecule has 0 spiro atoms. The highest BCUT2D eigenvalue weighted by Crippen LogP contribution is 2.29. The summed E-state index contributed by atoms with van der Waals surface area (Å²) in [5.74, 6) is -0.215. The Morgan fingerprint density at radius 1 is 1.27 bits per heavy atom. The predicted octanol–water partition coefficient (Wildman–Crippen LogP) is 0.829. The van der Waals surface area contributed by atoms with Gasteiger partial charge in [-0.15, -0.1) is 3.89 Å². The molecule has 0 aromatic heterocycles. The summed E-state index contributed by atoms with van der Waals surface area (Å²) in [7, 11) is -4.56. The van der Waals surface area contributed by atoms with Crippen LogP contribution in [-0.2, 0) is 15.0 Å². The lowest BCUT2D eigenvalue weighted by atomic mass is 10.2. The molecule has 1 saturated heterocycles. The zero-order chi connectivity index (χ0) is 11.1. The van der Waals surface area contributed by atoms with Crippen molar-refractivity contribution in [3.63, 3.8) is 0 Å². The van der Waals surface area contributed by atoms with Crippen LogP contribution >= 0.6 is 0 Å². The molecule has 0 aromatic rings. The first-order valence-corrected chi connectivity index (χ1v) is 6.66. The molecular formula is C9H14FNO3S. The first-order valence-electron chi connectivity index (χ1n) is 5.21. The Kier molecular flexibility index (Phi) is 2.70. The Morgan fingerprint density at radius 2 is 1.87 bits per heavy atom. The highest BCUT2D eigenvalue weighted by Gasteiger charge is 2.41. The lowest BCUT2D eigenvalue weighted by molar-refractivity contribution is -0.129. The van der Waals surface area contributed by atoms with Crippen molar-refractivity contribution in [3.8, 4) is 0 Å². The van der Waals surface area contributed by atoms with Crippen molar-refractivity contribution in [3.05, 3.63) is 0 Å². The SMILES string of the molecule is O=C1CC(S(=O)(=O)F)CN1C1CCCC1. The number of amides is 1. The Balaban J connectivity index is 2.07. The molecule has 1 heterocycles. The van der Waals surface area contributed by atoms with Gasteiger partial charge in [-0.2, -0.15) is 8.42 Å². The van der Waals surface area contributed by atoms with Gasteiger partial charge >= 0.3 is 10.2 Å². The number of nitrogens with zero attached hydrogens (tertiary/aromatic N) is 1. The number of carbonyl (C=O) groups excluding carboxylic acids is 1. The molecule has 2 fully saturated rings. The summed E-state index contributed by atoms with van der Waals surface area (Å²) in [5.41, 5.74) is 0. The van der Waals surface area contributed by atoms with Crippen LogP contribution in [0.2, 0.25) is 0 Å². The highest BCUT2D eigenvalue weighted by molar-refractivity contribution is 7.87. The number of carbonyl (C=O) groups is 1. The maximum absolute atomic E-state index is 12.7. The van der Waals surface area contributed by atoms with Crippen molar-refractivity contribution >= 4 is 16.1 Å². The van der Waals surface area contributed by atoms with Crippen LogP contribution < -0.4 is 0 Å². The maximum Gasteiger partial charge on any atom is 0.307 e. The Morgan fingerprint density at radius 3 is 2.33 bits per heavy atom. The summed E-state index contributed by atoms with van der Waals surface area (Å²) in [5, 5.41) is -1.13. The van der Waals surface area contributed by atoms with E-state index in [-0.39, 0.29) is 24.9 Å². The lowest BCUT2D eigenvalue weighted by Gasteiger charge is -2.23. The Hall–Kier alpha value is -0.650. The Bertz CT molecular complexity index is 362. The molecule has 0 aromatic carbocycles. The van der Waals surface area contributed by atoms with Crippen LogP contribution in [0.25, 0.3) is 0 Å². The van der Waals surface area contributed by atoms with Crippen molar-refractivity contribution in [1.82, 2.24) is 4.90 Å². The van der Waals surface area contributed by atoms with E-state index in [0.717, 1.165) is 25.7 Å². The van der Waals surface area contributed by atoms with Crippen molar-refractivity contribution in [2.75, 3.05) is 6.54 Å². The van der Waals surface area contributed by atoms with Crippen molar-refractivity contribution < 1.29 is 17.1 Å². The first-order chi connectivity index (χ1) is 6.98. The van der Waals surface area contributed by atoms with E-state index in [9.17, 15) is 17.1 Å². The quantitative estimate of drug-likeness (QED) is 0.666. The van der Waals surface area contributed by atoms with Gasteiger partial charge < -0.3 is 4.90 Å². The molecule has 86 valence electrons. The minimum atomic E-state index is -4.56. The second-order valence-corrected chi connectivity index (χ2v) is 5.90. The molecule has 1 atom stereocenters. The van der Waals surface area contributed by atoms with Crippen LogP contribution in [0, 0.1) is 0 Å². The van der Waals surface area contributed by atoms with E-state index in [0.29, 0.717) is 0 Å². The van der Waals surface area contributed by atoms with Crippen LogP contribution in [0.1, 0.15) is 32.1 Å². The maximum atomic E-state index is 12.7. The number of halogens is 1. The van der Waals surface area contributed by atoms with Gasteiger partial charge in [0.25, 0.3) is 0 Å². The third-order valence-corrected chi connectivity index (χ3v) is 4.40. The molecule has 6 heteroatoms. The monoisotopic (exact) mass is 235 g/mol. The second-order valence-electron chi connectivity index (χ2n) is 4.29. The molecule has 15 heavy (non-hydrogen) atoms. The molecule has 1 aliphatic heterocycles. The van der Waals surface area contributed by atoms with Crippen molar-refractivity contribution in [1.29, 1.82) is 0 Å². The number of hydrogen-bond donors (Lipinski definition) is 0. The molecular weight excluding hydrogens is 221 g/mol. The van der Waals surface area contributed by atoms with Crippen LogP contribution in [0.5, 0.6) is 0 Å². The van der Waals surface area contributed by atoms with Crippen LogP contribution in [0.15, 0.2) is 0 Å². The van der Waals surface area contributed by atoms with Gasteiger partial charge in [-0.25, -0.2) is 0 Å². The van der Waals surface area contributed by atoms with E-state index in [2.05, 4.69) is 0 Å². The molecule has 1 saturated carbocycles. The predicted molar refractivity (Wildman–Crippen MR) is 52.4 cm³/mol.